The van der Waals surface area contributed by atoms with E-state index < -0.39 is 68.5 Å². The fourth-order valence-corrected chi connectivity index (χ4v) is 6.51. The molecule has 0 unspecified atom stereocenters. The van der Waals surface area contributed by atoms with Gasteiger partial charge in [-0.25, -0.2) is 0 Å². The van der Waals surface area contributed by atoms with E-state index in [2.05, 4.69) is 31.9 Å². The number of hydrogen-bond acceptors (Lipinski definition) is 8. The summed E-state index contributed by atoms with van der Waals surface area (Å²) < 4.78 is 11.6. The third kappa shape index (κ3) is 7.02. The predicted octanol–water partition coefficient (Wildman–Crippen LogP) is 3.10. The van der Waals surface area contributed by atoms with Gasteiger partial charge in [0.15, 0.2) is 17.2 Å². The number of rotatable bonds is 4. The molecule has 0 radical (unpaired) electrons. The van der Waals surface area contributed by atoms with Gasteiger partial charge in [-0.05, 0) is 45.1 Å². The number of Topliss-reactive ketones (excluding diaryl/α,β-unsaturated/α-hetero) is 2. The van der Waals surface area contributed by atoms with Gasteiger partial charge in [0, 0.05) is 0 Å². The first-order valence-electron chi connectivity index (χ1n) is 12.0. The zero-order valence-electron chi connectivity index (χ0n) is 21.2. The highest BCUT2D eigenvalue weighted by Crippen LogP contribution is 2.34. The lowest BCUT2D eigenvalue weighted by Gasteiger charge is -2.38. The summed E-state index contributed by atoms with van der Waals surface area (Å²) in [5, 5.41) is 33.0. The van der Waals surface area contributed by atoms with Crippen LogP contribution in [0.25, 0.3) is 0 Å². The van der Waals surface area contributed by atoms with Crippen molar-refractivity contribution in [3.05, 3.63) is 35.9 Å². The number of aliphatic hydroxyl groups is 3. The number of aliphatic hydroxyl groups excluding tert-OH is 1. The molecule has 0 saturated carbocycles. The molecule has 0 bridgehead atoms. The maximum Gasteiger partial charge on any atom is 0.311 e. The Bertz CT molecular complexity index is 920. The number of alkyl halides is 2. The van der Waals surface area contributed by atoms with Crippen LogP contribution >= 0.6 is 31.9 Å². The molecular weight excluding hydrogens is 600 g/mol. The minimum atomic E-state index is -2.08. The summed E-state index contributed by atoms with van der Waals surface area (Å²) >= 11 is 6.55. The van der Waals surface area contributed by atoms with Crippen LogP contribution in [0.5, 0.6) is 0 Å². The largest absolute Gasteiger partial charge is 0.459 e. The van der Waals surface area contributed by atoms with Crippen LogP contribution in [-0.4, -0.2) is 72.0 Å². The van der Waals surface area contributed by atoms with Crippen molar-refractivity contribution < 1.29 is 39.2 Å². The molecule has 10 heteroatoms. The maximum atomic E-state index is 13.5. The molecule has 2 rings (SSSR count). The van der Waals surface area contributed by atoms with E-state index in [4.69, 9.17) is 9.47 Å². The van der Waals surface area contributed by atoms with Crippen LogP contribution in [0.2, 0.25) is 0 Å². The SMILES string of the molecule is CC[C@H]1OC(=O)[C@H](C)[C@@H](O)[C@H](Br)C(=O)[C@](C)(O)C[C@@H](C)[C@H](OCc2ccccc2)[C@H](Br)C(=O)[C@]1(C)O. The van der Waals surface area contributed by atoms with E-state index in [1.54, 1.807) is 13.8 Å². The average molecular weight is 636 g/mol. The summed E-state index contributed by atoms with van der Waals surface area (Å²) in [4.78, 5) is 37.2. The molecule has 1 aromatic carbocycles. The second-order valence-corrected chi connectivity index (χ2v) is 12.0. The number of ketones is 2. The fraction of sp³-hybridized carbons (Fsp3) is 0.654. The summed E-state index contributed by atoms with van der Waals surface area (Å²) in [5.74, 6) is -3.97. The summed E-state index contributed by atoms with van der Waals surface area (Å²) in [6, 6.07) is 9.29. The van der Waals surface area contributed by atoms with E-state index in [0.29, 0.717) is 0 Å². The number of benzene rings is 1. The van der Waals surface area contributed by atoms with Gasteiger partial charge >= 0.3 is 5.97 Å². The Hall–Kier alpha value is -1.17. The Kier molecular flexibility index (Phi) is 10.9. The van der Waals surface area contributed by atoms with Gasteiger partial charge in [0.2, 0.25) is 0 Å². The van der Waals surface area contributed by atoms with E-state index in [-0.39, 0.29) is 19.4 Å². The first-order valence-corrected chi connectivity index (χ1v) is 13.8. The third-order valence-corrected chi connectivity index (χ3v) is 8.72. The molecule has 1 saturated heterocycles. The average Bonchev–Trinajstić information content (AvgIpc) is 2.84. The second-order valence-electron chi connectivity index (χ2n) is 10.0. The topological polar surface area (TPSA) is 130 Å². The maximum absolute atomic E-state index is 13.5. The lowest BCUT2D eigenvalue weighted by Crippen LogP contribution is -2.57. The summed E-state index contributed by atoms with van der Waals surface area (Å²) in [6.45, 7) is 7.52. The van der Waals surface area contributed by atoms with E-state index in [0.717, 1.165) is 5.56 Å². The Morgan fingerprint density at radius 2 is 1.61 bits per heavy atom. The van der Waals surface area contributed by atoms with Crippen molar-refractivity contribution in [2.75, 3.05) is 0 Å². The van der Waals surface area contributed by atoms with Gasteiger partial charge in [-0.3, -0.25) is 14.4 Å². The van der Waals surface area contributed by atoms with Crippen molar-refractivity contribution in [3.63, 3.8) is 0 Å². The van der Waals surface area contributed by atoms with E-state index in [1.165, 1.54) is 20.8 Å². The van der Waals surface area contributed by atoms with Gasteiger partial charge in [-0.1, -0.05) is 76.0 Å². The van der Waals surface area contributed by atoms with Crippen LogP contribution in [-0.2, 0) is 30.5 Å². The molecule has 0 amide bonds. The molecule has 1 aliphatic rings. The minimum Gasteiger partial charge on any atom is -0.459 e. The first kappa shape index (κ1) is 31.1. The van der Waals surface area contributed by atoms with Crippen molar-refractivity contribution in [1.29, 1.82) is 0 Å². The molecule has 3 N–H and O–H groups in total. The van der Waals surface area contributed by atoms with Crippen LogP contribution in [0, 0.1) is 11.8 Å². The zero-order valence-corrected chi connectivity index (χ0v) is 24.4. The van der Waals surface area contributed by atoms with Crippen LogP contribution in [0.1, 0.15) is 53.0 Å². The molecule has 202 valence electrons. The van der Waals surface area contributed by atoms with Crippen molar-refractivity contribution in [2.45, 2.75) is 93.2 Å². The number of esters is 1. The standard InChI is InChI=1S/C26H36Br2O8/c1-6-17-26(5,34)23(31)19(28)21(35-13-16-10-8-7-9-11-16)14(2)12-25(4,33)22(30)18(27)20(29)15(3)24(32)36-17/h7-11,14-15,17-21,29,33-34H,6,12-13H2,1-5H3/t14-,15-,17-,18+,19+,20-,21+,25-,26-/m1/s1. The Morgan fingerprint density at radius 1 is 1.03 bits per heavy atom. The van der Waals surface area contributed by atoms with E-state index in [1.807, 2.05) is 30.3 Å². The normalized spacial score (nSPS) is 39.4. The predicted molar refractivity (Wildman–Crippen MR) is 141 cm³/mol. The number of cyclic esters (lactones) is 1. The molecule has 36 heavy (non-hydrogen) atoms. The number of carbonyl (C=O) groups excluding carboxylic acids is 3. The van der Waals surface area contributed by atoms with Gasteiger partial charge in [0.25, 0.3) is 0 Å². The Balaban J connectivity index is 2.52. The van der Waals surface area contributed by atoms with Gasteiger partial charge < -0.3 is 24.8 Å². The molecule has 0 aliphatic carbocycles. The van der Waals surface area contributed by atoms with E-state index in [9.17, 15) is 29.7 Å². The number of ether oxygens (including phenoxy) is 2. The zero-order chi connectivity index (χ0) is 27.4. The fourth-order valence-electron chi connectivity index (χ4n) is 4.42. The molecule has 1 fully saturated rings. The smallest absolute Gasteiger partial charge is 0.311 e. The van der Waals surface area contributed by atoms with Gasteiger partial charge in [0.05, 0.1) is 24.7 Å². The van der Waals surface area contributed by atoms with Crippen LogP contribution in [0.15, 0.2) is 30.3 Å². The summed E-state index contributed by atoms with van der Waals surface area (Å²) in [5.41, 5.74) is -3.14. The minimum absolute atomic E-state index is 0.104. The van der Waals surface area contributed by atoms with E-state index >= 15 is 0 Å². The van der Waals surface area contributed by atoms with Crippen LogP contribution in [0.4, 0.5) is 0 Å². The van der Waals surface area contributed by atoms with Gasteiger partial charge in [-0.15, -0.1) is 0 Å². The van der Waals surface area contributed by atoms with Gasteiger partial charge in [-0.2, -0.15) is 0 Å². The number of halogens is 2. The second kappa shape index (κ2) is 12.6. The van der Waals surface area contributed by atoms with Crippen LogP contribution < -0.4 is 0 Å². The molecule has 1 aliphatic heterocycles. The Morgan fingerprint density at radius 3 is 2.17 bits per heavy atom. The summed E-state index contributed by atoms with van der Waals surface area (Å²) in [7, 11) is 0. The summed E-state index contributed by atoms with van der Waals surface area (Å²) in [6.07, 6.45) is -3.55. The first-order chi connectivity index (χ1) is 16.6. The molecule has 8 nitrogen and oxygen atoms in total. The molecule has 1 heterocycles. The molecule has 9 atom stereocenters. The van der Waals surface area contributed by atoms with Crippen molar-refractivity contribution >= 4 is 49.4 Å². The van der Waals surface area contributed by atoms with Crippen molar-refractivity contribution in [1.82, 2.24) is 0 Å². The quantitative estimate of drug-likeness (QED) is 0.340. The van der Waals surface area contributed by atoms with Gasteiger partial charge in [0.1, 0.15) is 21.4 Å². The molecular formula is C26H36Br2O8. The highest BCUT2D eigenvalue weighted by molar-refractivity contribution is 9.10. The highest BCUT2D eigenvalue weighted by atomic mass is 79.9. The lowest BCUT2D eigenvalue weighted by atomic mass is 9.80. The van der Waals surface area contributed by atoms with Crippen LogP contribution in [0.3, 0.4) is 0 Å². The molecule has 1 aromatic rings. The molecule has 0 aromatic heterocycles. The molecule has 0 spiro atoms. The lowest BCUT2D eigenvalue weighted by molar-refractivity contribution is -0.177. The number of hydrogen-bond donors (Lipinski definition) is 3. The highest BCUT2D eigenvalue weighted by Gasteiger charge is 2.50. The monoisotopic (exact) mass is 634 g/mol. The number of carbonyl (C=O) groups is 3. The Labute approximate surface area is 229 Å². The van der Waals surface area contributed by atoms with Crippen molar-refractivity contribution in [3.8, 4) is 0 Å². The van der Waals surface area contributed by atoms with Crippen molar-refractivity contribution in [2.24, 2.45) is 11.8 Å². The third-order valence-electron chi connectivity index (χ3n) is 6.82.